The quantitative estimate of drug-likeness (QED) is 0.286. The van der Waals surface area contributed by atoms with Crippen LogP contribution in [0.5, 0.6) is 11.5 Å². The van der Waals surface area contributed by atoms with E-state index in [2.05, 4.69) is 51.7 Å². The third-order valence-corrected chi connectivity index (χ3v) is 8.57. The van der Waals surface area contributed by atoms with Crippen LogP contribution >= 0.6 is 0 Å². The molecule has 0 radical (unpaired) electrons. The molecule has 1 fully saturated rings. The zero-order valence-corrected chi connectivity index (χ0v) is 23.1. The molecule has 1 aromatic rings. The van der Waals surface area contributed by atoms with Gasteiger partial charge >= 0.3 is 0 Å². The maximum absolute atomic E-state index is 6.69. The maximum Gasteiger partial charge on any atom is 0.132 e. The molecule has 0 amide bonds. The number of rotatable bonds is 12. The van der Waals surface area contributed by atoms with Crippen molar-refractivity contribution in [2.24, 2.45) is 5.92 Å². The molecule has 3 aliphatic rings. The minimum atomic E-state index is -0.219. The Balaban J connectivity index is 1.50. The molecule has 1 aliphatic carbocycles. The molecule has 196 valence electrons. The Morgan fingerprint density at radius 3 is 2.60 bits per heavy atom. The molecule has 35 heavy (non-hydrogen) atoms. The number of benzene rings is 1. The predicted octanol–water partition coefficient (Wildman–Crippen LogP) is 7.61. The molecule has 2 aliphatic heterocycles. The lowest BCUT2D eigenvalue weighted by Gasteiger charge is -2.36. The lowest BCUT2D eigenvalue weighted by molar-refractivity contribution is 0.0368. The van der Waals surface area contributed by atoms with Crippen molar-refractivity contribution >= 4 is 5.57 Å². The molecule has 2 unspecified atom stereocenters. The summed E-state index contributed by atoms with van der Waals surface area (Å²) in [5, 5.41) is 0. The van der Waals surface area contributed by atoms with Gasteiger partial charge in [-0.3, -0.25) is 4.90 Å². The number of ether oxygens (including phenoxy) is 3. The first-order valence-corrected chi connectivity index (χ1v) is 14.4. The van der Waals surface area contributed by atoms with Crippen molar-refractivity contribution in [2.45, 2.75) is 104 Å². The Hall–Kier alpha value is -1.52. The number of morpholine rings is 1. The van der Waals surface area contributed by atoms with E-state index in [1.807, 2.05) is 0 Å². The van der Waals surface area contributed by atoms with Gasteiger partial charge in [0.2, 0.25) is 0 Å². The van der Waals surface area contributed by atoms with Crippen LogP contribution in [0.25, 0.3) is 5.57 Å². The molecule has 0 N–H and O–H groups in total. The van der Waals surface area contributed by atoms with Gasteiger partial charge in [-0.15, -0.1) is 0 Å². The summed E-state index contributed by atoms with van der Waals surface area (Å²) in [7, 11) is 0. The molecule has 4 rings (SSSR count). The smallest absolute Gasteiger partial charge is 0.132 e. The van der Waals surface area contributed by atoms with Crippen molar-refractivity contribution in [3.05, 3.63) is 28.8 Å². The van der Waals surface area contributed by atoms with E-state index in [9.17, 15) is 0 Å². The van der Waals surface area contributed by atoms with Gasteiger partial charge in [-0.05, 0) is 93.2 Å². The van der Waals surface area contributed by atoms with Crippen LogP contribution in [0.3, 0.4) is 0 Å². The van der Waals surface area contributed by atoms with E-state index in [0.717, 1.165) is 70.2 Å². The predicted molar refractivity (Wildman–Crippen MR) is 146 cm³/mol. The molecule has 4 heteroatoms. The lowest BCUT2D eigenvalue weighted by Crippen LogP contribution is -2.36. The Morgan fingerprint density at radius 2 is 1.83 bits per heavy atom. The Bertz CT molecular complexity index is 868. The molecule has 0 saturated carbocycles. The van der Waals surface area contributed by atoms with Crippen LogP contribution in [-0.2, 0) is 4.74 Å². The van der Waals surface area contributed by atoms with Gasteiger partial charge in [0.1, 0.15) is 17.1 Å². The highest BCUT2D eigenvalue weighted by Crippen LogP contribution is 2.52. The molecule has 2 atom stereocenters. The highest BCUT2D eigenvalue weighted by molar-refractivity contribution is 5.82. The number of fused-ring (bicyclic) bond motifs is 2. The summed E-state index contributed by atoms with van der Waals surface area (Å²) in [5.41, 5.74) is 5.38. The molecule has 0 aromatic heterocycles. The molecule has 4 nitrogen and oxygen atoms in total. The number of hydrogen-bond donors (Lipinski definition) is 0. The zero-order chi connectivity index (χ0) is 24.8. The second kappa shape index (κ2) is 12.1. The van der Waals surface area contributed by atoms with Gasteiger partial charge in [0.25, 0.3) is 0 Å². The van der Waals surface area contributed by atoms with Crippen LogP contribution in [0.2, 0.25) is 0 Å². The Morgan fingerprint density at radius 1 is 1.03 bits per heavy atom. The van der Waals surface area contributed by atoms with Gasteiger partial charge in [-0.25, -0.2) is 0 Å². The van der Waals surface area contributed by atoms with Gasteiger partial charge in [-0.1, -0.05) is 46.5 Å². The van der Waals surface area contributed by atoms with Crippen molar-refractivity contribution in [1.82, 2.24) is 4.90 Å². The SMILES string of the molecule is CCCCCC(C)C(C)c1cc(OCCCCN2CCOCC2)c2c(c1)OC(C)(C)C1=C2CCC1. The summed E-state index contributed by atoms with van der Waals surface area (Å²) >= 11 is 0. The Labute approximate surface area is 214 Å². The second-order valence-corrected chi connectivity index (χ2v) is 11.6. The number of allylic oxidation sites excluding steroid dienone is 1. The Kier molecular flexibility index (Phi) is 9.21. The fourth-order valence-corrected chi connectivity index (χ4v) is 6.12. The largest absolute Gasteiger partial charge is 0.493 e. The van der Waals surface area contributed by atoms with Crippen molar-refractivity contribution in [2.75, 3.05) is 39.5 Å². The summed E-state index contributed by atoms with van der Waals surface area (Å²) in [6.45, 7) is 17.4. The van der Waals surface area contributed by atoms with E-state index < -0.39 is 0 Å². The molecular formula is C31H49NO3. The fraction of sp³-hybridized carbons (Fsp3) is 0.742. The van der Waals surface area contributed by atoms with Crippen molar-refractivity contribution < 1.29 is 14.2 Å². The topological polar surface area (TPSA) is 30.9 Å². The van der Waals surface area contributed by atoms with Crippen molar-refractivity contribution in [3.63, 3.8) is 0 Å². The monoisotopic (exact) mass is 483 g/mol. The van der Waals surface area contributed by atoms with Gasteiger partial charge < -0.3 is 14.2 Å². The summed E-state index contributed by atoms with van der Waals surface area (Å²) in [6.07, 6.45) is 11.0. The van der Waals surface area contributed by atoms with Crippen LogP contribution in [0.1, 0.15) is 109 Å². The van der Waals surface area contributed by atoms with Crippen LogP contribution in [0.15, 0.2) is 17.7 Å². The first-order valence-electron chi connectivity index (χ1n) is 14.4. The third-order valence-electron chi connectivity index (χ3n) is 8.57. The zero-order valence-electron chi connectivity index (χ0n) is 23.1. The first kappa shape index (κ1) is 26.5. The number of unbranched alkanes of at least 4 members (excludes halogenated alkanes) is 3. The van der Waals surface area contributed by atoms with E-state index in [4.69, 9.17) is 14.2 Å². The van der Waals surface area contributed by atoms with Gasteiger partial charge in [0.05, 0.1) is 25.4 Å². The van der Waals surface area contributed by atoms with Crippen LogP contribution < -0.4 is 9.47 Å². The highest BCUT2D eigenvalue weighted by atomic mass is 16.5. The normalized spacial score (nSPS) is 21.3. The van der Waals surface area contributed by atoms with Crippen molar-refractivity contribution in [3.8, 4) is 11.5 Å². The molecule has 0 bridgehead atoms. The number of nitrogens with zero attached hydrogens (tertiary/aromatic N) is 1. The van der Waals surface area contributed by atoms with E-state index in [1.165, 1.54) is 60.8 Å². The number of hydrogen-bond acceptors (Lipinski definition) is 4. The van der Waals surface area contributed by atoms with E-state index >= 15 is 0 Å². The van der Waals surface area contributed by atoms with Gasteiger partial charge in [0.15, 0.2) is 0 Å². The summed E-state index contributed by atoms with van der Waals surface area (Å²) in [4.78, 5) is 2.51. The molecule has 1 aromatic carbocycles. The van der Waals surface area contributed by atoms with Crippen molar-refractivity contribution in [1.29, 1.82) is 0 Å². The van der Waals surface area contributed by atoms with Gasteiger partial charge in [0, 0.05) is 13.1 Å². The van der Waals surface area contributed by atoms with E-state index in [-0.39, 0.29) is 5.60 Å². The van der Waals surface area contributed by atoms with Crippen LogP contribution in [0, 0.1) is 5.92 Å². The lowest BCUT2D eigenvalue weighted by atomic mass is 9.82. The molecule has 2 heterocycles. The van der Waals surface area contributed by atoms with Gasteiger partial charge in [-0.2, -0.15) is 0 Å². The average molecular weight is 484 g/mol. The third kappa shape index (κ3) is 6.43. The van der Waals surface area contributed by atoms with E-state index in [0.29, 0.717) is 11.8 Å². The molecular weight excluding hydrogens is 434 g/mol. The standard InChI is InChI=1S/C31H49NO3/c1-6-7-8-12-23(2)24(3)25-21-28(34-18-10-9-15-32-16-19-33-20-17-32)30-26-13-11-14-27(26)31(4,5)35-29(30)22-25/h21-24H,6-20H2,1-5H3. The summed E-state index contributed by atoms with van der Waals surface area (Å²) in [6, 6.07) is 4.69. The minimum absolute atomic E-state index is 0.219. The van der Waals surface area contributed by atoms with E-state index in [1.54, 1.807) is 0 Å². The summed E-state index contributed by atoms with van der Waals surface area (Å²) < 4.78 is 18.8. The molecule has 0 spiro atoms. The second-order valence-electron chi connectivity index (χ2n) is 11.6. The maximum atomic E-state index is 6.69. The van der Waals surface area contributed by atoms with Crippen LogP contribution in [-0.4, -0.2) is 50.0 Å². The fourth-order valence-electron chi connectivity index (χ4n) is 6.12. The highest BCUT2D eigenvalue weighted by Gasteiger charge is 2.39. The average Bonchev–Trinajstić information content (AvgIpc) is 3.35. The molecule has 1 saturated heterocycles. The van der Waals surface area contributed by atoms with Crippen LogP contribution in [0.4, 0.5) is 0 Å². The minimum Gasteiger partial charge on any atom is -0.493 e. The summed E-state index contributed by atoms with van der Waals surface area (Å²) in [5.74, 6) is 3.25. The first-order chi connectivity index (χ1) is 16.9.